The summed E-state index contributed by atoms with van der Waals surface area (Å²) >= 11 is 1.56. The molecule has 146 valence electrons. The molecule has 2 aromatic carbocycles. The van der Waals surface area contributed by atoms with E-state index in [0.29, 0.717) is 18.5 Å². The summed E-state index contributed by atoms with van der Waals surface area (Å²) in [5.41, 5.74) is 6.11. The Bertz CT molecular complexity index is 1100. The number of hydroxylamine groups is 1. The molecule has 7 nitrogen and oxygen atoms in total. The zero-order chi connectivity index (χ0) is 20.4. The highest BCUT2D eigenvalue weighted by atomic mass is 32.1. The molecule has 1 amide bonds. The second-order valence-electron chi connectivity index (χ2n) is 6.63. The number of carbonyl (C=O) groups is 1. The van der Waals surface area contributed by atoms with E-state index in [1.807, 2.05) is 29.6 Å². The first-order valence-corrected chi connectivity index (χ1v) is 9.86. The first-order chi connectivity index (χ1) is 14.1. The Morgan fingerprint density at radius 2 is 2.14 bits per heavy atom. The van der Waals surface area contributed by atoms with Crippen molar-refractivity contribution in [3.8, 4) is 23.1 Å². The number of rotatable bonds is 4. The number of fused-ring (bicyclic) bond motifs is 1. The van der Waals surface area contributed by atoms with Crippen LogP contribution in [-0.4, -0.2) is 29.8 Å². The summed E-state index contributed by atoms with van der Waals surface area (Å²) in [7, 11) is 1.64. The minimum absolute atomic E-state index is 0.285. The molecule has 29 heavy (non-hydrogen) atoms. The van der Waals surface area contributed by atoms with E-state index in [0.717, 1.165) is 39.8 Å². The summed E-state index contributed by atoms with van der Waals surface area (Å²) in [6, 6.07) is 13.2. The Hall–Kier alpha value is -3.41. The first-order valence-electron chi connectivity index (χ1n) is 8.98. The molecule has 0 spiro atoms. The van der Waals surface area contributed by atoms with Crippen molar-refractivity contribution >= 4 is 22.4 Å². The van der Waals surface area contributed by atoms with E-state index >= 15 is 0 Å². The number of thiazole rings is 1. The van der Waals surface area contributed by atoms with Crippen LogP contribution >= 0.6 is 11.3 Å². The predicted molar refractivity (Wildman–Crippen MR) is 109 cm³/mol. The molecule has 4 rings (SSSR count). The molecule has 0 fully saturated rings. The molecule has 0 atom stereocenters. The number of ether oxygens (including phenoxy) is 1. The van der Waals surface area contributed by atoms with Crippen LogP contribution in [0.2, 0.25) is 0 Å². The van der Waals surface area contributed by atoms with Gasteiger partial charge in [0.2, 0.25) is 0 Å². The maximum atomic E-state index is 11.7. The Kier molecular flexibility index (Phi) is 5.16. The van der Waals surface area contributed by atoms with Crippen LogP contribution in [0, 0.1) is 11.3 Å². The van der Waals surface area contributed by atoms with Crippen LogP contribution in [0.15, 0.2) is 41.8 Å². The van der Waals surface area contributed by atoms with Crippen molar-refractivity contribution in [1.29, 1.82) is 5.26 Å². The number of nitriles is 1. The monoisotopic (exact) mass is 406 g/mol. The second kappa shape index (κ2) is 7.91. The SMILES string of the molecule is COc1ccc(-c2csc(N3CCc4cc(C(=O)NO)cc(C#N)c4C3)n2)cc1. The van der Waals surface area contributed by atoms with Crippen LogP contribution < -0.4 is 15.1 Å². The topological polar surface area (TPSA) is 98.5 Å². The van der Waals surface area contributed by atoms with E-state index in [4.69, 9.17) is 14.9 Å². The molecular formula is C21H18N4O3S. The number of hydrogen-bond donors (Lipinski definition) is 2. The number of hydrogen-bond acceptors (Lipinski definition) is 7. The van der Waals surface area contributed by atoms with Crippen molar-refractivity contribution in [3.63, 3.8) is 0 Å². The third kappa shape index (κ3) is 3.66. The molecule has 8 heteroatoms. The smallest absolute Gasteiger partial charge is 0.274 e. The Morgan fingerprint density at radius 3 is 2.83 bits per heavy atom. The van der Waals surface area contributed by atoms with Crippen LogP contribution in [-0.2, 0) is 13.0 Å². The van der Waals surface area contributed by atoms with E-state index in [9.17, 15) is 10.1 Å². The molecule has 0 bridgehead atoms. The van der Waals surface area contributed by atoms with Gasteiger partial charge in [0.25, 0.3) is 5.91 Å². The number of carbonyl (C=O) groups excluding carboxylic acids is 1. The number of methoxy groups -OCH3 is 1. The molecule has 0 saturated carbocycles. The highest BCUT2D eigenvalue weighted by molar-refractivity contribution is 7.14. The van der Waals surface area contributed by atoms with Crippen molar-refractivity contribution < 1.29 is 14.7 Å². The third-order valence-electron chi connectivity index (χ3n) is 4.97. The van der Waals surface area contributed by atoms with Crippen molar-refractivity contribution in [1.82, 2.24) is 10.5 Å². The minimum atomic E-state index is -0.615. The maximum absolute atomic E-state index is 11.7. The van der Waals surface area contributed by atoms with Crippen molar-refractivity contribution in [3.05, 3.63) is 64.0 Å². The van der Waals surface area contributed by atoms with Crippen LogP contribution in [0.1, 0.15) is 27.0 Å². The van der Waals surface area contributed by atoms with E-state index < -0.39 is 5.91 Å². The highest BCUT2D eigenvalue weighted by Crippen LogP contribution is 2.32. The van der Waals surface area contributed by atoms with Gasteiger partial charge in [-0.1, -0.05) is 0 Å². The van der Waals surface area contributed by atoms with Gasteiger partial charge < -0.3 is 9.64 Å². The molecule has 2 heterocycles. The Labute approximate surface area is 171 Å². The van der Waals surface area contributed by atoms with Crippen LogP contribution in [0.25, 0.3) is 11.3 Å². The summed E-state index contributed by atoms with van der Waals surface area (Å²) in [6.07, 6.45) is 0.689. The molecule has 1 aliphatic heterocycles. The molecule has 0 unspecified atom stereocenters. The lowest BCUT2D eigenvalue weighted by molar-refractivity contribution is 0.0706. The summed E-state index contributed by atoms with van der Waals surface area (Å²) in [5, 5.41) is 21.3. The Morgan fingerprint density at radius 1 is 1.34 bits per heavy atom. The van der Waals surface area contributed by atoms with Gasteiger partial charge in [-0.15, -0.1) is 11.3 Å². The van der Waals surface area contributed by atoms with Crippen molar-refractivity contribution in [2.45, 2.75) is 13.0 Å². The standard InChI is InChI=1S/C21H18N4O3S/c1-28-17-4-2-13(3-5-17)19-12-29-21(23-19)25-7-6-14-8-15(20(26)24-27)9-16(10-22)18(14)11-25/h2-5,8-9,12,27H,6-7,11H2,1H3,(H,24,26). The second-order valence-corrected chi connectivity index (χ2v) is 7.47. The average Bonchev–Trinajstić information content (AvgIpc) is 3.27. The van der Waals surface area contributed by atoms with Gasteiger partial charge in [-0.2, -0.15) is 5.26 Å². The lowest BCUT2D eigenvalue weighted by Crippen LogP contribution is -2.31. The lowest BCUT2D eigenvalue weighted by Gasteiger charge is -2.29. The van der Waals surface area contributed by atoms with Crippen LogP contribution in [0.3, 0.4) is 0 Å². The van der Waals surface area contributed by atoms with Gasteiger partial charge in [-0.25, -0.2) is 10.5 Å². The van der Waals surface area contributed by atoms with Crippen LogP contribution in [0.4, 0.5) is 5.13 Å². The van der Waals surface area contributed by atoms with Crippen molar-refractivity contribution in [2.75, 3.05) is 18.6 Å². The quantitative estimate of drug-likeness (QED) is 0.509. The molecule has 3 aromatic rings. The lowest BCUT2D eigenvalue weighted by atomic mass is 9.93. The number of amides is 1. The molecule has 0 radical (unpaired) electrons. The molecule has 0 aliphatic carbocycles. The van der Waals surface area contributed by atoms with Gasteiger partial charge in [-0.3, -0.25) is 10.0 Å². The van der Waals surface area contributed by atoms with E-state index in [1.54, 1.807) is 30.0 Å². The molecular weight excluding hydrogens is 388 g/mol. The maximum Gasteiger partial charge on any atom is 0.274 e. The fraction of sp³-hybridized carbons (Fsp3) is 0.190. The number of anilines is 1. The highest BCUT2D eigenvalue weighted by Gasteiger charge is 2.23. The third-order valence-corrected chi connectivity index (χ3v) is 5.88. The minimum Gasteiger partial charge on any atom is -0.497 e. The molecule has 1 aliphatic rings. The van der Waals surface area contributed by atoms with E-state index in [1.165, 1.54) is 6.07 Å². The fourth-order valence-corrected chi connectivity index (χ4v) is 4.29. The first kappa shape index (κ1) is 18.9. The van der Waals surface area contributed by atoms with Crippen molar-refractivity contribution in [2.24, 2.45) is 0 Å². The average molecular weight is 406 g/mol. The van der Waals surface area contributed by atoms with Gasteiger partial charge in [0.15, 0.2) is 5.13 Å². The Balaban J connectivity index is 1.59. The van der Waals surface area contributed by atoms with Crippen LogP contribution in [0.5, 0.6) is 5.75 Å². The van der Waals surface area contributed by atoms with Gasteiger partial charge in [0.05, 0.1) is 24.4 Å². The van der Waals surface area contributed by atoms with E-state index in [-0.39, 0.29) is 5.56 Å². The summed E-state index contributed by atoms with van der Waals surface area (Å²) in [4.78, 5) is 18.7. The summed E-state index contributed by atoms with van der Waals surface area (Å²) in [6.45, 7) is 1.28. The molecule has 0 saturated heterocycles. The van der Waals surface area contributed by atoms with E-state index in [2.05, 4.69) is 11.0 Å². The zero-order valence-electron chi connectivity index (χ0n) is 15.7. The summed E-state index contributed by atoms with van der Waals surface area (Å²) in [5.74, 6) is 0.186. The van der Waals surface area contributed by atoms with Gasteiger partial charge in [-0.05, 0) is 53.9 Å². The van der Waals surface area contributed by atoms with Gasteiger partial charge >= 0.3 is 0 Å². The largest absolute Gasteiger partial charge is 0.497 e. The molecule has 2 N–H and O–H groups in total. The number of nitrogens with one attached hydrogen (secondary N) is 1. The van der Waals surface area contributed by atoms with Gasteiger partial charge in [0, 0.05) is 29.6 Å². The normalized spacial score (nSPS) is 12.8. The number of benzene rings is 2. The zero-order valence-corrected chi connectivity index (χ0v) is 16.5. The van der Waals surface area contributed by atoms with Gasteiger partial charge in [0.1, 0.15) is 5.75 Å². The molecule has 1 aromatic heterocycles. The fourth-order valence-electron chi connectivity index (χ4n) is 3.43. The number of aromatic nitrogens is 1. The number of nitrogens with zero attached hydrogens (tertiary/aromatic N) is 3. The predicted octanol–water partition coefficient (Wildman–Crippen LogP) is 3.37. The summed E-state index contributed by atoms with van der Waals surface area (Å²) < 4.78 is 5.20.